The van der Waals surface area contributed by atoms with Crippen molar-refractivity contribution < 1.29 is 14.3 Å². The standard InChI is InChI=1S/C22H30N6O3/c1-14(2)27-6-5-16-9-15-10-19(17(16)13-27)30-7-3-4-8-31-21(24)26-20-18(23)11-25-22(29)28(20)12-15/h9-11,14,24H,3-8,12-13,23H2,1-2H3,(H,25,29)/b24-21?,26-20+. The molecule has 166 valence electrons. The highest BCUT2D eigenvalue weighted by Gasteiger charge is 2.28. The molecule has 0 unspecified atom stereocenters. The number of fused-ring (bicyclic) bond motifs is 5. The molecule has 4 N–H and O–H groups in total. The highest BCUT2D eigenvalue weighted by molar-refractivity contribution is 6.12. The van der Waals surface area contributed by atoms with Crippen LogP contribution in [0.15, 0.2) is 29.0 Å². The van der Waals surface area contributed by atoms with E-state index in [2.05, 4.69) is 35.1 Å². The van der Waals surface area contributed by atoms with Gasteiger partial charge in [-0.25, -0.2) is 10.2 Å². The number of hydrogen-bond acceptors (Lipinski definition) is 6. The maximum absolute atomic E-state index is 12.6. The van der Waals surface area contributed by atoms with Crippen molar-refractivity contribution >= 4 is 17.9 Å². The summed E-state index contributed by atoms with van der Waals surface area (Å²) in [4.78, 5) is 20.7. The topological polar surface area (TPSA) is 116 Å². The molecule has 9 heteroatoms. The minimum absolute atomic E-state index is 0.219. The average Bonchev–Trinajstić information content (AvgIpc) is 2.74. The number of rotatable bonds is 1. The van der Waals surface area contributed by atoms with Crippen LogP contribution in [0.5, 0.6) is 5.75 Å². The maximum atomic E-state index is 12.6. The van der Waals surface area contributed by atoms with E-state index in [1.807, 2.05) is 6.07 Å². The number of hydrogen-bond donors (Lipinski definition) is 3. The number of ether oxygens (including phenoxy) is 2. The van der Waals surface area contributed by atoms with Crippen molar-refractivity contribution in [3.63, 3.8) is 0 Å². The zero-order valence-corrected chi connectivity index (χ0v) is 18.1. The van der Waals surface area contributed by atoms with E-state index in [0.717, 1.165) is 43.7 Å². The Hall–Kier alpha value is -3.07. The first kappa shape index (κ1) is 21.2. The Labute approximate surface area is 182 Å². The molecule has 0 radical (unpaired) electrons. The van der Waals surface area contributed by atoms with Crippen LogP contribution >= 0.6 is 0 Å². The fraction of sp³-hybridized carbons (Fsp3) is 0.500. The van der Waals surface area contributed by atoms with Gasteiger partial charge in [-0.15, -0.1) is 0 Å². The zero-order chi connectivity index (χ0) is 22.0. The van der Waals surface area contributed by atoms with Crippen molar-refractivity contribution in [2.45, 2.75) is 52.2 Å². The number of carbonyl (C=O) groups is 1. The van der Waals surface area contributed by atoms with Gasteiger partial charge >= 0.3 is 12.1 Å². The summed E-state index contributed by atoms with van der Waals surface area (Å²) >= 11 is 0. The molecule has 31 heavy (non-hydrogen) atoms. The lowest BCUT2D eigenvalue weighted by atomic mass is 9.95. The normalized spacial score (nSPS) is 22.1. The molecule has 4 rings (SSSR count). The molecular weight excluding hydrogens is 396 g/mol. The summed E-state index contributed by atoms with van der Waals surface area (Å²) in [6.07, 6.45) is 3.89. The third-order valence-corrected chi connectivity index (χ3v) is 5.81. The van der Waals surface area contributed by atoms with Crippen LogP contribution in [0.2, 0.25) is 0 Å². The fourth-order valence-corrected chi connectivity index (χ4v) is 4.05. The first-order chi connectivity index (χ1) is 14.9. The van der Waals surface area contributed by atoms with Crippen molar-refractivity contribution in [3.05, 3.63) is 40.7 Å². The van der Waals surface area contributed by atoms with Gasteiger partial charge in [0.15, 0.2) is 5.84 Å². The molecule has 2 amide bonds. The second-order valence-corrected chi connectivity index (χ2v) is 8.33. The lowest BCUT2D eigenvalue weighted by molar-refractivity contribution is 0.196. The number of urea groups is 1. The van der Waals surface area contributed by atoms with Gasteiger partial charge < -0.3 is 20.5 Å². The third kappa shape index (κ3) is 4.66. The molecule has 0 aromatic heterocycles. The molecule has 0 atom stereocenters. The van der Waals surface area contributed by atoms with E-state index < -0.39 is 0 Å². The summed E-state index contributed by atoms with van der Waals surface area (Å²) in [7, 11) is 0. The van der Waals surface area contributed by atoms with Crippen LogP contribution in [0, 0.1) is 5.41 Å². The smallest absolute Gasteiger partial charge is 0.327 e. The van der Waals surface area contributed by atoms with E-state index in [9.17, 15) is 4.79 Å². The Balaban J connectivity index is 1.72. The molecule has 1 aromatic carbocycles. The van der Waals surface area contributed by atoms with Crippen molar-refractivity contribution in [1.29, 1.82) is 5.41 Å². The molecule has 0 fully saturated rings. The second kappa shape index (κ2) is 8.97. The summed E-state index contributed by atoms with van der Waals surface area (Å²) in [6, 6.07) is 4.03. The number of amidine groups is 2. The summed E-state index contributed by atoms with van der Waals surface area (Å²) in [5.41, 5.74) is 9.78. The first-order valence-electron chi connectivity index (χ1n) is 10.8. The lowest BCUT2D eigenvalue weighted by Gasteiger charge is -2.34. The van der Waals surface area contributed by atoms with Gasteiger partial charge in [-0.3, -0.25) is 9.80 Å². The van der Waals surface area contributed by atoms with Crippen LogP contribution in [-0.4, -0.2) is 53.5 Å². The predicted octanol–water partition coefficient (Wildman–Crippen LogP) is 2.30. The SMILES string of the molecule is CC(C)N1CCc2cc3cc(c2C1)OCCCCOC(=N)/N=C1\C(N)=CNC(=O)N1C3. The molecule has 1 aromatic rings. The first-order valence-corrected chi connectivity index (χ1v) is 10.8. The second-order valence-electron chi connectivity index (χ2n) is 8.33. The molecular formula is C22H30N6O3. The maximum Gasteiger partial charge on any atom is 0.327 e. The molecule has 3 aliphatic heterocycles. The van der Waals surface area contributed by atoms with Crippen LogP contribution in [0.25, 0.3) is 0 Å². The summed E-state index contributed by atoms with van der Waals surface area (Å²) in [5.74, 6) is 1.10. The van der Waals surface area contributed by atoms with E-state index in [0.29, 0.717) is 19.3 Å². The summed E-state index contributed by atoms with van der Waals surface area (Å²) in [5, 5.41) is 10.6. The third-order valence-electron chi connectivity index (χ3n) is 5.81. The van der Waals surface area contributed by atoms with Crippen molar-refractivity contribution in [3.8, 4) is 5.75 Å². The van der Waals surface area contributed by atoms with Crippen LogP contribution < -0.4 is 15.8 Å². The minimum Gasteiger partial charge on any atom is -0.493 e. The number of nitrogens with one attached hydrogen (secondary N) is 2. The van der Waals surface area contributed by atoms with E-state index in [1.165, 1.54) is 22.2 Å². The van der Waals surface area contributed by atoms with Gasteiger partial charge in [-0.05, 0) is 50.3 Å². The Morgan fingerprint density at radius 1 is 1.19 bits per heavy atom. The Morgan fingerprint density at radius 3 is 2.74 bits per heavy atom. The Morgan fingerprint density at radius 2 is 1.97 bits per heavy atom. The van der Waals surface area contributed by atoms with Gasteiger partial charge in [-0.2, -0.15) is 4.99 Å². The average molecular weight is 427 g/mol. The number of nitrogens with two attached hydrogens (primary N) is 1. The van der Waals surface area contributed by atoms with Crippen LogP contribution in [0.3, 0.4) is 0 Å². The van der Waals surface area contributed by atoms with Gasteiger partial charge in [0, 0.05) is 30.9 Å². The molecule has 2 bridgehead atoms. The van der Waals surface area contributed by atoms with Crippen LogP contribution in [0.4, 0.5) is 4.79 Å². The van der Waals surface area contributed by atoms with Gasteiger partial charge in [0.05, 0.1) is 25.5 Å². The molecule has 3 aliphatic rings. The molecule has 0 aliphatic carbocycles. The van der Waals surface area contributed by atoms with Crippen LogP contribution in [-0.2, 0) is 24.2 Å². The number of aliphatic imine (C=N–C) groups is 1. The molecule has 3 heterocycles. The van der Waals surface area contributed by atoms with Gasteiger partial charge in [0.25, 0.3) is 0 Å². The highest BCUT2D eigenvalue weighted by atomic mass is 16.5. The van der Waals surface area contributed by atoms with E-state index in [-0.39, 0.29) is 30.1 Å². The fourth-order valence-electron chi connectivity index (χ4n) is 4.05. The Bertz CT molecular complexity index is 939. The van der Waals surface area contributed by atoms with Crippen molar-refractivity contribution in [2.24, 2.45) is 10.7 Å². The largest absolute Gasteiger partial charge is 0.493 e. The number of carbonyl (C=O) groups excluding carboxylic acids is 1. The molecule has 0 saturated heterocycles. The van der Waals surface area contributed by atoms with E-state index >= 15 is 0 Å². The van der Waals surface area contributed by atoms with Crippen molar-refractivity contribution in [2.75, 3.05) is 19.8 Å². The number of amides is 2. The van der Waals surface area contributed by atoms with Gasteiger partial charge in [-0.1, -0.05) is 6.07 Å². The minimum atomic E-state index is -0.348. The molecule has 9 nitrogen and oxygen atoms in total. The quantitative estimate of drug-likeness (QED) is 0.637. The predicted molar refractivity (Wildman–Crippen MR) is 118 cm³/mol. The van der Waals surface area contributed by atoms with E-state index in [4.69, 9.17) is 20.6 Å². The Kier molecular flexibility index (Phi) is 6.13. The number of nitrogens with zero attached hydrogens (tertiary/aromatic N) is 3. The summed E-state index contributed by atoms with van der Waals surface area (Å²) in [6.45, 7) is 7.47. The van der Waals surface area contributed by atoms with E-state index in [1.54, 1.807) is 0 Å². The van der Waals surface area contributed by atoms with Gasteiger partial charge in [0.1, 0.15) is 5.75 Å². The lowest BCUT2D eigenvalue weighted by Crippen LogP contribution is -2.48. The molecule has 0 spiro atoms. The number of benzene rings is 1. The van der Waals surface area contributed by atoms with Crippen molar-refractivity contribution in [1.82, 2.24) is 15.1 Å². The molecule has 0 saturated carbocycles. The highest BCUT2D eigenvalue weighted by Crippen LogP contribution is 2.32. The monoisotopic (exact) mass is 426 g/mol. The summed E-state index contributed by atoms with van der Waals surface area (Å²) < 4.78 is 11.6. The van der Waals surface area contributed by atoms with Gasteiger partial charge in [0.2, 0.25) is 0 Å². The zero-order valence-electron chi connectivity index (χ0n) is 18.1. The van der Waals surface area contributed by atoms with Crippen LogP contribution in [0.1, 0.15) is 43.4 Å².